The number of halogens is 1. The van der Waals surface area contributed by atoms with Gasteiger partial charge in [-0.15, -0.1) is 0 Å². The lowest BCUT2D eigenvalue weighted by Gasteiger charge is -2.30. The number of fused-ring (bicyclic) bond motifs is 2. The quantitative estimate of drug-likeness (QED) is 0.467. The molecule has 0 N–H and O–H groups in total. The molecule has 0 fully saturated rings. The van der Waals surface area contributed by atoms with Gasteiger partial charge in [0.25, 0.3) is 0 Å². The highest BCUT2D eigenvalue weighted by Crippen LogP contribution is 2.43. The summed E-state index contributed by atoms with van der Waals surface area (Å²) in [5.41, 5.74) is 4.66. The molecule has 0 saturated carbocycles. The summed E-state index contributed by atoms with van der Waals surface area (Å²) >= 11 is 3.46. The fourth-order valence-corrected chi connectivity index (χ4v) is 4.40. The summed E-state index contributed by atoms with van der Waals surface area (Å²) in [6, 6.07) is 20.0. The second-order valence-corrected chi connectivity index (χ2v) is 8.52. The van der Waals surface area contributed by atoms with E-state index in [1.807, 2.05) is 55.5 Å². The molecule has 4 nitrogen and oxygen atoms in total. The predicted octanol–water partition coefficient (Wildman–Crippen LogP) is 5.73. The van der Waals surface area contributed by atoms with Crippen LogP contribution < -0.4 is 9.47 Å². The van der Waals surface area contributed by atoms with Gasteiger partial charge in [-0.05, 0) is 42.3 Å². The molecule has 0 amide bonds. The van der Waals surface area contributed by atoms with Gasteiger partial charge in [-0.3, -0.25) is 9.69 Å². The molecule has 2 aliphatic heterocycles. The van der Waals surface area contributed by atoms with Gasteiger partial charge < -0.3 is 9.47 Å². The van der Waals surface area contributed by atoms with Crippen molar-refractivity contribution >= 4 is 27.8 Å². The van der Waals surface area contributed by atoms with Crippen LogP contribution in [0.5, 0.6) is 11.5 Å². The summed E-state index contributed by atoms with van der Waals surface area (Å²) in [4.78, 5) is 15.3. The Bertz CT molecular complexity index is 1170. The maximum absolute atomic E-state index is 13.0. The van der Waals surface area contributed by atoms with Crippen LogP contribution in [0.4, 0.5) is 0 Å². The number of hydrogen-bond acceptors (Lipinski definition) is 4. The van der Waals surface area contributed by atoms with Crippen LogP contribution in [-0.2, 0) is 13.1 Å². The van der Waals surface area contributed by atoms with E-state index in [0.717, 1.165) is 40.0 Å². The molecule has 30 heavy (non-hydrogen) atoms. The molecule has 2 aliphatic rings. The normalized spacial score (nSPS) is 16.7. The van der Waals surface area contributed by atoms with E-state index in [2.05, 4.69) is 33.0 Å². The second-order valence-electron chi connectivity index (χ2n) is 7.61. The van der Waals surface area contributed by atoms with Gasteiger partial charge in [0.05, 0.1) is 5.56 Å². The fourth-order valence-electron chi connectivity index (χ4n) is 3.99. The van der Waals surface area contributed by atoms with Gasteiger partial charge in [-0.1, -0.05) is 58.4 Å². The first-order valence-electron chi connectivity index (χ1n) is 9.84. The highest BCUT2D eigenvalue weighted by Gasteiger charge is 2.33. The molecule has 0 spiro atoms. The average molecular weight is 462 g/mol. The minimum atomic E-state index is -0.0870. The van der Waals surface area contributed by atoms with Crippen LogP contribution in [0.1, 0.15) is 32.6 Å². The summed E-state index contributed by atoms with van der Waals surface area (Å²) in [6.45, 7) is 4.00. The van der Waals surface area contributed by atoms with Crippen molar-refractivity contribution in [2.75, 3.05) is 6.73 Å². The predicted molar refractivity (Wildman–Crippen MR) is 119 cm³/mol. The lowest BCUT2D eigenvalue weighted by molar-refractivity contribution is 0.0876. The number of Topliss-reactive ketones (excluding diaryl/α,β-unsaturated/α-hetero) is 1. The Morgan fingerprint density at radius 3 is 2.70 bits per heavy atom. The SMILES string of the molecule is Cc1c2c(cc3c1O/C(=C\c1cccc(Br)c1)C3=O)CN(Cc1ccccc1)CO2. The monoisotopic (exact) mass is 461 g/mol. The number of benzene rings is 3. The van der Waals surface area contributed by atoms with Gasteiger partial charge in [0.15, 0.2) is 5.76 Å². The Hall–Kier alpha value is -2.89. The topological polar surface area (TPSA) is 38.8 Å². The van der Waals surface area contributed by atoms with E-state index in [0.29, 0.717) is 23.8 Å². The van der Waals surface area contributed by atoms with E-state index in [1.54, 1.807) is 6.08 Å². The summed E-state index contributed by atoms with van der Waals surface area (Å²) < 4.78 is 13.0. The average Bonchev–Trinajstić information content (AvgIpc) is 3.05. The van der Waals surface area contributed by atoms with Crippen LogP contribution in [0.25, 0.3) is 6.08 Å². The van der Waals surface area contributed by atoms with Gasteiger partial charge in [0.2, 0.25) is 5.78 Å². The first-order chi connectivity index (χ1) is 14.6. The minimum Gasteiger partial charge on any atom is -0.477 e. The molecule has 0 radical (unpaired) electrons. The maximum Gasteiger partial charge on any atom is 0.231 e. The van der Waals surface area contributed by atoms with Crippen LogP contribution in [0, 0.1) is 6.92 Å². The van der Waals surface area contributed by atoms with E-state index < -0.39 is 0 Å². The zero-order chi connectivity index (χ0) is 20.7. The number of ketones is 1. The smallest absolute Gasteiger partial charge is 0.231 e. The molecule has 3 aromatic carbocycles. The Kier molecular flexibility index (Phi) is 4.93. The Morgan fingerprint density at radius 1 is 1.07 bits per heavy atom. The van der Waals surface area contributed by atoms with E-state index in [4.69, 9.17) is 9.47 Å². The largest absolute Gasteiger partial charge is 0.477 e. The molecule has 3 aromatic rings. The molecular weight excluding hydrogens is 442 g/mol. The lowest BCUT2D eigenvalue weighted by Crippen LogP contribution is -2.32. The van der Waals surface area contributed by atoms with E-state index in [9.17, 15) is 4.79 Å². The molecule has 5 rings (SSSR count). The number of carbonyl (C=O) groups is 1. The van der Waals surface area contributed by atoms with Crippen LogP contribution in [-0.4, -0.2) is 17.4 Å². The molecular formula is C25H20BrNO3. The molecule has 0 aliphatic carbocycles. The van der Waals surface area contributed by atoms with Crippen LogP contribution in [0.15, 0.2) is 70.9 Å². The van der Waals surface area contributed by atoms with Crippen molar-refractivity contribution in [1.29, 1.82) is 0 Å². The maximum atomic E-state index is 13.0. The summed E-state index contributed by atoms with van der Waals surface area (Å²) in [5.74, 6) is 1.69. The molecule has 0 unspecified atom stereocenters. The molecule has 0 bridgehead atoms. The molecule has 0 saturated heterocycles. The van der Waals surface area contributed by atoms with Gasteiger partial charge in [-0.2, -0.15) is 0 Å². The molecule has 150 valence electrons. The number of carbonyl (C=O) groups excluding carboxylic acids is 1. The number of nitrogens with zero attached hydrogens (tertiary/aromatic N) is 1. The van der Waals surface area contributed by atoms with Crippen molar-refractivity contribution in [3.05, 3.63) is 98.7 Å². The summed E-state index contributed by atoms with van der Waals surface area (Å²) in [5, 5.41) is 0. The Morgan fingerprint density at radius 2 is 1.90 bits per heavy atom. The molecule has 5 heteroatoms. The van der Waals surface area contributed by atoms with Crippen molar-refractivity contribution in [1.82, 2.24) is 4.90 Å². The van der Waals surface area contributed by atoms with Crippen molar-refractivity contribution < 1.29 is 14.3 Å². The number of hydrogen-bond donors (Lipinski definition) is 0. The number of rotatable bonds is 3. The van der Waals surface area contributed by atoms with Gasteiger partial charge in [0.1, 0.15) is 18.2 Å². The van der Waals surface area contributed by atoms with Gasteiger partial charge in [0, 0.05) is 28.7 Å². The highest BCUT2D eigenvalue weighted by molar-refractivity contribution is 9.10. The third-order valence-corrected chi connectivity index (χ3v) is 5.89. The van der Waals surface area contributed by atoms with E-state index >= 15 is 0 Å². The van der Waals surface area contributed by atoms with Crippen molar-refractivity contribution in [3.8, 4) is 11.5 Å². The fraction of sp³-hybridized carbons (Fsp3) is 0.160. The van der Waals surface area contributed by atoms with Crippen LogP contribution in [0.3, 0.4) is 0 Å². The van der Waals surface area contributed by atoms with E-state index in [1.165, 1.54) is 5.56 Å². The standard InChI is InChI=1S/C25H20BrNO3/c1-16-24-19(14-27(15-29-24)13-17-6-3-2-4-7-17)12-21-23(28)22(30-25(16)21)11-18-8-5-9-20(26)10-18/h2-12H,13-15H2,1H3/b22-11-. The van der Waals surface area contributed by atoms with E-state index in [-0.39, 0.29) is 5.78 Å². The Balaban J connectivity index is 1.44. The zero-order valence-corrected chi connectivity index (χ0v) is 18.1. The van der Waals surface area contributed by atoms with Crippen molar-refractivity contribution in [2.24, 2.45) is 0 Å². The van der Waals surface area contributed by atoms with Crippen LogP contribution in [0.2, 0.25) is 0 Å². The first kappa shape index (κ1) is 19.1. The first-order valence-corrected chi connectivity index (χ1v) is 10.6. The van der Waals surface area contributed by atoms with Crippen molar-refractivity contribution in [3.63, 3.8) is 0 Å². The third-order valence-electron chi connectivity index (χ3n) is 5.40. The number of ether oxygens (including phenoxy) is 2. The molecule has 2 heterocycles. The number of allylic oxidation sites excluding steroid dienone is 1. The third kappa shape index (κ3) is 3.55. The Labute approximate surface area is 183 Å². The van der Waals surface area contributed by atoms with Gasteiger partial charge >= 0.3 is 0 Å². The van der Waals surface area contributed by atoms with Gasteiger partial charge in [-0.25, -0.2) is 0 Å². The zero-order valence-electron chi connectivity index (χ0n) is 16.5. The highest BCUT2D eigenvalue weighted by atomic mass is 79.9. The van der Waals surface area contributed by atoms with Crippen molar-refractivity contribution in [2.45, 2.75) is 20.0 Å². The summed E-state index contributed by atoms with van der Waals surface area (Å²) in [7, 11) is 0. The lowest BCUT2D eigenvalue weighted by atomic mass is 10.00. The molecule has 0 aromatic heterocycles. The second kappa shape index (κ2) is 7.74. The summed E-state index contributed by atoms with van der Waals surface area (Å²) in [6.07, 6.45) is 1.79. The molecule has 0 atom stereocenters. The van der Waals surface area contributed by atoms with Crippen LogP contribution >= 0.6 is 15.9 Å². The minimum absolute atomic E-state index is 0.0870.